The Labute approximate surface area is 183 Å². The number of carbonyl (C=O) groups is 1. The molecular weight excluding hydrogens is 420 g/mol. The van der Waals surface area contributed by atoms with Gasteiger partial charge < -0.3 is 10.1 Å². The number of thioether (sulfide) groups is 1. The summed E-state index contributed by atoms with van der Waals surface area (Å²) in [5.74, 6) is 0.413. The van der Waals surface area contributed by atoms with Crippen molar-refractivity contribution in [1.82, 2.24) is 14.6 Å². The maximum atomic E-state index is 12.8. The number of carbonyl (C=O) groups excluding carboxylic acids is 1. The lowest BCUT2D eigenvalue weighted by Crippen LogP contribution is -2.22. The van der Waals surface area contributed by atoms with Crippen molar-refractivity contribution in [3.63, 3.8) is 0 Å². The minimum absolute atomic E-state index is 0.147. The summed E-state index contributed by atoms with van der Waals surface area (Å²) in [5, 5.41) is 13.5. The summed E-state index contributed by atoms with van der Waals surface area (Å²) in [4.78, 5) is 12.8. The molecule has 0 aliphatic heterocycles. The third kappa shape index (κ3) is 3.70. The molecule has 0 aliphatic carbocycles. The van der Waals surface area contributed by atoms with Crippen LogP contribution in [-0.2, 0) is 4.79 Å². The third-order valence-corrected chi connectivity index (χ3v) is 6.30. The van der Waals surface area contributed by atoms with E-state index in [9.17, 15) is 4.79 Å². The molecule has 1 atom stereocenters. The lowest BCUT2D eigenvalue weighted by atomic mass is 10.1. The van der Waals surface area contributed by atoms with E-state index >= 15 is 0 Å². The minimum atomic E-state index is -0.390. The highest BCUT2D eigenvalue weighted by atomic mass is 35.5. The number of pyridine rings is 1. The molecule has 2 aromatic heterocycles. The summed E-state index contributed by atoms with van der Waals surface area (Å²) >= 11 is 7.52. The molecule has 2 aromatic carbocycles. The van der Waals surface area contributed by atoms with Crippen molar-refractivity contribution in [3.05, 3.63) is 58.6 Å². The molecule has 2 heterocycles. The quantitative estimate of drug-likeness (QED) is 0.427. The number of methoxy groups -OCH3 is 1. The highest BCUT2D eigenvalue weighted by molar-refractivity contribution is 8.00. The number of hydrogen-bond donors (Lipinski definition) is 1. The lowest BCUT2D eigenvalue weighted by Gasteiger charge is -2.13. The average molecular weight is 441 g/mol. The van der Waals surface area contributed by atoms with Gasteiger partial charge in [0.2, 0.25) is 5.91 Å². The Hall–Kier alpha value is -2.77. The molecule has 6 nitrogen and oxygen atoms in total. The van der Waals surface area contributed by atoms with E-state index in [-0.39, 0.29) is 5.91 Å². The van der Waals surface area contributed by atoms with Crippen molar-refractivity contribution in [2.75, 3.05) is 12.4 Å². The number of nitrogens with zero attached hydrogens (tertiary/aromatic N) is 3. The summed E-state index contributed by atoms with van der Waals surface area (Å²) in [5.41, 5.74) is 4.72. The largest absolute Gasteiger partial charge is 0.495 e. The predicted octanol–water partition coefficient (Wildman–Crippen LogP) is 5.28. The Bertz CT molecular complexity index is 1270. The standard InChI is InChI=1S/C22H21ClN4O2S/c1-12-6-5-7-16-13(2)10-19-25-26-22(27(19)20(12)16)30-14(3)21(28)24-15-8-9-18(29-4)17(23)11-15/h5-11,14H,1-4H3,(H,24,28). The van der Waals surface area contributed by atoms with Crippen LogP contribution in [0.15, 0.2) is 47.6 Å². The first-order valence-electron chi connectivity index (χ1n) is 9.44. The van der Waals surface area contributed by atoms with Crippen LogP contribution in [0.3, 0.4) is 0 Å². The van der Waals surface area contributed by atoms with E-state index in [1.165, 1.54) is 11.8 Å². The van der Waals surface area contributed by atoms with Gasteiger partial charge in [-0.1, -0.05) is 41.6 Å². The van der Waals surface area contributed by atoms with E-state index in [1.807, 2.05) is 23.5 Å². The van der Waals surface area contributed by atoms with Crippen LogP contribution in [0.1, 0.15) is 18.1 Å². The number of para-hydroxylation sites is 1. The van der Waals surface area contributed by atoms with Gasteiger partial charge in [0, 0.05) is 11.1 Å². The molecule has 0 aliphatic rings. The molecule has 0 spiro atoms. The van der Waals surface area contributed by atoms with Crippen molar-refractivity contribution in [2.24, 2.45) is 0 Å². The number of amides is 1. The van der Waals surface area contributed by atoms with Crippen LogP contribution in [0.5, 0.6) is 5.75 Å². The molecule has 4 aromatic rings. The molecule has 0 fully saturated rings. The van der Waals surface area contributed by atoms with Crippen LogP contribution >= 0.6 is 23.4 Å². The molecule has 154 valence electrons. The first-order chi connectivity index (χ1) is 14.4. The van der Waals surface area contributed by atoms with Gasteiger partial charge in [-0.05, 0) is 56.2 Å². The van der Waals surface area contributed by atoms with Crippen LogP contribution in [0.2, 0.25) is 5.02 Å². The Kier molecular flexibility index (Phi) is 5.58. The molecule has 30 heavy (non-hydrogen) atoms. The number of benzene rings is 2. The number of nitrogens with one attached hydrogen (secondary N) is 1. The van der Waals surface area contributed by atoms with Crippen molar-refractivity contribution in [3.8, 4) is 5.75 Å². The Morgan fingerprint density at radius 3 is 2.70 bits per heavy atom. The van der Waals surface area contributed by atoms with Crippen LogP contribution in [-0.4, -0.2) is 32.9 Å². The summed E-state index contributed by atoms with van der Waals surface area (Å²) < 4.78 is 7.17. The fourth-order valence-corrected chi connectivity index (χ4v) is 4.52. The molecule has 8 heteroatoms. The molecular formula is C22H21ClN4O2S. The first kappa shape index (κ1) is 20.5. The zero-order chi connectivity index (χ0) is 21.4. The van der Waals surface area contributed by atoms with Crippen molar-refractivity contribution in [2.45, 2.75) is 31.2 Å². The van der Waals surface area contributed by atoms with Crippen molar-refractivity contribution < 1.29 is 9.53 Å². The fourth-order valence-electron chi connectivity index (χ4n) is 3.41. The first-order valence-corrected chi connectivity index (χ1v) is 10.7. The topological polar surface area (TPSA) is 68.5 Å². The number of rotatable bonds is 5. The normalized spacial score (nSPS) is 12.3. The minimum Gasteiger partial charge on any atom is -0.495 e. The number of aryl methyl sites for hydroxylation is 2. The van der Waals surface area contributed by atoms with E-state index in [1.54, 1.807) is 25.3 Å². The van der Waals surface area contributed by atoms with Gasteiger partial charge in [0.1, 0.15) is 5.75 Å². The number of fused-ring (bicyclic) bond motifs is 3. The molecule has 0 saturated carbocycles. The van der Waals surface area contributed by atoms with Gasteiger partial charge >= 0.3 is 0 Å². The summed E-state index contributed by atoms with van der Waals surface area (Å²) in [6.07, 6.45) is 0. The Morgan fingerprint density at radius 1 is 1.17 bits per heavy atom. The molecule has 1 amide bonds. The summed E-state index contributed by atoms with van der Waals surface area (Å²) in [6, 6.07) is 13.4. The van der Waals surface area contributed by atoms with E-state index in [2.05, 4.69) is 41.5 Å². The van der Waals surface area contributed by atoms with Gasteiger partial charge in [0.05, 0.1) is 22.9 Å². The predicted molar refractivity (Wildman–Crippen MR) is 122 cm³/mol. The van der Waals surface area contributed by atoms with E-state index in [4.69, 9.17) is 16.3 Å². The monoisotopic (exact) mass is 440 g/mol. The van der Waals surface area contributed by atoms with Gasteiger partial charge in [0.15, 0.2) is 10.8 Å². The number of halogens is 1. The summed E-state index contributed by atoms with van der Waals surface area (Å²) in [6.45, 7) is 5.98. The maximum Gasteiger partial charge on any atom is 0.237 e. The SMILES string of the molecule is COc1ccc(NC(=O)C(C)Sc2nnc3cc(C)c4cccc(C)c4n23)cc1Cl. The highest BCUT2D eigenvalue weighted by Gasteiger charge is 2.20. The van der Waals surface area contributed by atoms with Crippen LogP contribution in [0.4, 0.5) is 5.69 Å². The second-order valence-corrected chi connectivity index (χ2v) is 8.79. The van der Waals surface area contributed by atoms with Gasteiger partial charge in [-0.25, -0.2) is 0 Å². The van der Waals surface area contributed by atoms with Crippen LogP contribution in [0.25, 0.3) is 16.6 Å². The van der Waals surface area contributed by atoms with Gasteiger partial charge in [-0.15, -0.1) is 10.2 Å². The lowest BCUT2D eigenvalue weighted by molar-refractivity contribution is -0.115. The van der Waals surface area contributed by atoms with Gasteiger partial charge in [-0.2, -0.15) is 0 Å². The van der Waals surface area contributed by atoms with E-state index in [0.29, 0.717) is 21.6 Å². The second kappa shape index (κ2) is 8.16. The highest BCUT2D eigenvalue weighted by Crippen LogP contribution is 2.31. The van der Waals surface area contributed by atoms with E-state index < -0.39 is 5.25 Å². The molecule has 0 radical (unpaired) electrons. The Morgan fingerprint density at radius 2 is 1.97 bits per heavy atom. The number of anilines is 1. The molecule has 0 bridgehead atoms. The average Bonchev–Trinajstić information content (AvgIpc) is 3.10. The Balaban J connectivity index is 1.62. The fraction of sp³-hybridized carbons (Fsp3) is 0.227. The summed E-state index contributed by atoms with van der Waals surface area (Å²) in [7, 11) is 1.55. The molecule has 4 rings (SSSR count). The van der Waals surface area contributed by atoms with Crippen LogP contribution in [0, 0.1) is 13.8 Å². The van der Waals surface area contributed by atoms with Gasteiger partial charge in [-0.3, -0.25) is 9.20 Å². The molecule has 1 N–H and O–H groups in total. The third-order valence-electron chi connectivity index (χ3n) is 4.96. The maximum absolute atomic E-state index is 12.8. The number of hydrogen-bond acceptors (Lipinski definition) is 5. The number of aromatic nitrogens is 3. The molecule has 1 unspecified atom stereocenters. The zero-order valence-corrected chi connectivity index (χ0v) is 18.6. The molecule has 0 saturated heterocycles. The smallest absolute Gasteiger partial charge is 0.237 e. The zero-order valence-electron chi connectivity index (χ0n) is 17.1. The number of ether oxygens (including phenoxy) is 1. The van der Waals surface area contributed by atoms with Crippen LogP contribution < -0.4 is 10.1 Å². The second-order valence-electron chi connectivity index (χ2n) is 7.07. The van der Waals surface area contributed by atoms with Crippen molar-refractivity contribution >= 4 is 51.5 Å². The van der Waals surface area contributed by atoms with Gasteiger partial charge in [0.25, 0.3) is 0 Å². The van der Waals surface area contributed by atoms with E-state index in [0.717, 1.165) is 27.7 Å². The van der Waals surface area contributed by atoms with Crippen molar-refractivity contribution in [1.29, 1.82) is 0 Å².